The van der Waals surface area contributed by atoms with E-state index in [4.69, 9.17) is 4.74 Å². The highest BCUT2D eigenvalue weighted by Crippen LogP contribution is 2.21. The van der Waals surface area contributed by atoms with Crippen molar-refractivity contribution in [2.45, 2.75) is 31.8 Å². The molecule has 0 aliphatic carbocycles. The van der Waals surface area contributed by atoms with E-state index in [1.165, 1.54) is 0 Å². The first-order valence-corrected chi connectivity index (χ1v) is 9.82. The van der Waals surface area contributed by atoms with Crippen molar-refractivity contribution < 1.29 is 14.3 Å². The van der Waals surface area contributed by atoms with E-state index < -0.39 is 6.04 Å². The Bertz CT molecular complexity index is 1020. The smallest absolute Gasteiger partial charge is 0.254 e. The Kier molecular flexibility index (Phi) is 5.46. The number of hydrogen-bond donors (Lipinski definition) is 2. The first kappa shape index (κ1) is 19.0. The normalized spacial score (nSPS) is 16.6. The molecule has 3 aromatic rings. The summed E-state index contributed by atoms with van der Waals surface area (Å²) in [6, 6.07) is 14.3. The second-order valence-corrected chi connectivity index (χ2v) is 7.16. The fourth-order valence-corrected chi connectivity index (χ4v) is 3.73. The quantitative estimate of drug-likeness (QED) is 0.699. The van der Waals surface area contributed by atoms with E-state index in [2.05, 4.69) is 15.3 Å². The van der Waals surface area contributed by atoms with Crippen LogP contribution in [0.25, 0.3) is 11.0 Å². The van der Waals surface area contributed by atoms with Gasteiger partial charge in [0.2, 0.25) is 5.91 Å². The summed E-state index contributed by atoms with van der Waals surface area (Å²) in [5.74, 6) is 1.17. The molecule has 4 rings (SSSR count). The predicted molar refractivity (Wildman–Crippen MR) is 110 cm³/mol. The lowest BCUT2D eigenvalue weighted by atomic mass is 10.00. The summed E-state index contributed by atoms with van der Waals surface area (Å²) in [4.78, 5) is 35.1. The third kappa shape index (κ3) is 4.08. The SMILES string of the molecule is COc1ccc2nc(CNC(=O)C3CCCCN3C(=O)c3ccccc3)[nH]c2c1. The van der Waals surface area contributed by atoms with Crippen molar-refractivity contribution in [2.24, 2.45) is 0 Å². The Morgan fingerprint density at radius 2 is 2.03 bits per heavy atom. The van der Waals surface area contributed by atoms with E-state index in [-0.39, 0.29) is 18.4 Å². The molecule has 1 fully saturated rings. The van der Waals surface area contributed by atoms with Crippen LogP contribution >= 0.6 is 0 Å². The molecule has 1 unspecified atom stereocenters. The van der Waals surface area contributed by atoms with E-state index in [9.17, 15) is 9.59 Å². The molecule has 0 spiro atoms. The molecule has 0 saturated carbocycles. The molecule has 1 saturated heterocycles. The van der Waals surface area contributed by atoms with Crippen molar-refractivity contribution in [1.29, 1.82) is 0 Å². The number of H-pyrrole nitrogens is 1. The number of hydrogen-bond acceptors (Lipinski definition) is 4. The number of carbonyl (C=O) groups is 2. The number of imidazole rings is 1. The number of piperidine rings is 1. The topological polar surface area (TPSA) is 87.3 Å². The van der Waals surface area contributed by atoms with Crippen molar-refractivity contribution in [3.63, 3.8) is 0 Å². The molecule has 150 valence electrons. The van der Waals surface area contributed by atoms with Crippen LogP contribution in [0.5, 0.6) is 5.75 Å². The lowest BCUT2D eigenvalue weighted by Gasteiger charge is -2.34. The molecule has 2 heterocycles. The van der Waals surface area contributed by atoms with E-state index in [1.807, 2.05) is 36.4 Å². The molecule has 29 heavy (non-hydrogen) atoms. The third-order valence-corrected chi connectivity index (χ3v) is 5.26. The zero-order valence-corrected chi connectivity index (χ0v) is 16.4. The summed E-state index contributed by atoms with van der Waals surface area (Å²) in [5.41, 5.74) is 2.28. The fraction of sp³-hybridized carbons (Fsp3) is 0.318. The summed E-state index contributed by atoms with van der Waals surface area (Å²) in [5, 5.41) is 2.94. The molecule has 2 amide bonds. The minimum absolute atomic E-state index is 0.0960. The van der Waals surface area contributed by atoms with Crippen molar-refractivity contribution in [3.8, 4) is 5.75 Å². The Balaban J connectivity index is 1.44. The van der Waals surface area contributed by atoms with Crippen molar-refractivity contribution >= 4 is 22.8 Å². The zero-order valence-electron chi connectivity index (χ0n) is 16.4. The summed E-state index contributed by atoms with van der Waals surface area (Å²) in [6.45, 7) is 0.871. The first-order valence-electron chi connectivity index (χ1n) is 9.82. The van der Waals surface area contributed by atoms with Gasteiger partial charge < -0.3 is 19.9 Å². The van der Waals surface area contributed by atoms with Gasteiger partial charge in [-0.1, -0.05) is 18.2 Å². The highest BCUT2D eigenvalue weighted by molar-refractivity contribution is 5.97. The van der Waals surface area contributed by atoms with E-state index in [0.717, 1.165) is 29.6 Å². The van der Waals surface area contributed by atoms with Gasteiger partial charge in [-0.25, -0.2) is 4.98 Å². The standard InChI is InChI=1S/C22H24N4O3/c1-29-16-10-11-17-18(13-16)25-20(24-17)14-23-21(27)19-9-5-6-12-26(19)22(28)15-7-3-2-4-8-15/h2-4,7-8,10-11,13,19H,5-6,9,12,14H2,1H3,(H,23,27)(H,24,25). The van der Waals surface area contributed by atoms with Gasteiger partial charge in [-0.2, -0.15) is 0 Å². The second-order valence-electron chi connectivity index (χ2n) is 7.16. The van der Waals surface area contributed by atoms with Crippen LogP contribution in [-0.2, 0) is 11.3 Å². The second kappa shape index (κ2) is 8.34. The van der Waals surface area contributed by atoms with Gasteiger partial charge in [0.05, 0.1) is 24.7 Å². The number of ether oxygens (including phenoxy) is 1. The van der Waals surface area contributed by atoms with Crippen LogP contribution in [0.2, 0.25) is 0 Å². The maximum Gasteiger partial charge on any atom is 0.254 e. The summed E-state index contributed by atoms with van der Waals surface area (Å²) in [6.07, 6.45) is 2.51. The minimum Gasteiger partial charge on any atom is -0.497 e. The molecule has 0 bridgehead atoms. The van der Waals surface area contributed by atoms with Crippen molar-refractivity contribution in [1.82, 2.24) is 20.2 Å². The van der Waals surface area contributed by atoms with Gasteiger partial charge in [0.25, 0.3) is 5.91 Å². The number of amides is 2. The Morgan fingerprint density at radius 3 is 2.83 bits per heavy atom. The molecule has 7 heteroatoms. The van der Waals surface area contributed by atoms with Crippen LogP contribution in [-0.4, -0.2) is 46.4 Å². The maximum atomic E-state index is 12.9. The average molecular weight is 392 g/mol. The number of nitrogens with one attached hydrogen (secondary N) is 2. The van der Waals surface area contributed by atoms with Gasteiger partial charge in [0, 0.05) is 18.2 Å². The lowest BCUT2D eigenvalue weighted by Crippen LogP contribution is -2.51. The molecule has 1 atom stereocenters. The van der Waals surface area contributed by atoms with Crippen LogP contribution in [0.4, 0.5) is 0 Å². The first-order chi connectivity index (χ1) is 14.2. The number of carbonyl (C=O) groups excluding carboxylic acids is 2. The molecular weight excluding hydrogens is 368 g/mol. The molecular formula is C22H24N4O3. The minimum atomic E-state index is -0.457. The predicted octanol–water partition coefficient (Wildman–Crippen LogP) is 2.88. The monoisotopic (exact) mass is 392 g/mol. The molecule has 1 aliphatic heterocycles. The third-order valence-electron chi connectivity index (χ3n) is 5.26. The van der Waals surface area contributed by atoms with Gasteiger partial charge in [-0.3, -0.25) is 9.59 Å². The summed E-state index contributed by atoms with van der Waals surface area (Å²) in [7, 11) is 1.62. The number of likely N-dealkylation sites (tertiary alicyclic amines) is 1. The highest BCUT2D eigenvalue weighted by Gasteiger charge is 2.32. The lowest BCUT2D eigenvalue weighted by molar-refractivity contribution is -0.126. The maximum absolute atomic E-state index is 12.9. The van der Waals surface area contributed by atoms with Crippen LogP contribution in [0.1, 0.15) is 35.4 Å². The molecule has 2 N–H and O–H groups in total. The molecule has 2 aromatic carbocycles. The zero-order chi connectivity index (χ0) is 20.2. The van der Waals surface area contributed by atoms with Crippen LogP contribution in [0.3, 0.4) is 0 Å². The van der Waals surface area contributed by atoms with Crippen LogP contribution in [0, 0.1) is 0 Å². The Hall–Kier alpha value is -3.35. The number of aromatic amines is 1. The summed E-state index contributed by atoms with van der Waals surface area (Å²) >= 11 is 0. The van der Waals surface area contributed by atoms with Crippen LogP contribution < -0.4 is 10.1 Å². The number of benzene rings is 2. The van der Waals surface area contributed by atoms with E-state index in [1.54, 1.807) is 24.1 Å². The van der Waals surface area contributed by atoms with E-state index >= 15 is 0 Å². The van der Waals surface area contributed by atoms with Crippen LogP contribution in [0.15, 0.2) is 48.5 Å². The van der Waals surface area contributed by atoms with Crippen molar-refractivity contribution in [3.05, 3.63) is 59.9 Å². The Morgan fingerprint density at radius 1 is 1.21 bits per heavy atom. The molecule has 0 radical (unpaired) electrons. The Labute approximate surface area is 169 Å². The van der Waals surface area contributed by atoms with Gasteiger partial charge in [-0.05, 0) is 43.5 Å². The van der Waals surface area contributed by atoms with Crippen molar-refractivity contribution in [2.75, 3.05) is 13.7 Å². The number of rotatable bonds is 5. The fourth-order valence-electron chi connectivity index (χ4n) is 3.73. The molecule has 1 aromatic heterocycles. The van der Waals surface area contributed by atoms with Gasteiger partial charge in [-0.15, -0.1) is 0 Å². The van der Waals surface area contributed by atoms with Gasteiger partial charge >= 0.3 is 0 Å². The number of aromatic nitrogens is 2. The van der Waals surface area contributed by atoms with Gasteiger partial charge in [0.15, 0.2) is 0 Å². The number of nitrogens with zero attached hydrogens (tertiary/aromatic N) is 2. The summed E-state index contributed by atoms with van der Waals surface area (Å²) < 4.78 is 5.22. The largest absolute Gasteiger partial charge is 0.497 e. The molecule has 7 nitrogen and oxygen atoms in total. The molecule has 1 aliphatic rings. The highest BCUT2D eigenvalue weighted by atomic mass is 16.5. The van der Waals surface area contributed by atoms with Gasteiger partial charge in [0.1, 0.15) is 17.6 Å². The number of fused-ring (bicyclic) bond motifs is 1. The van der Waals surface area contributed by atoms with E-state index in [0.29, 0.717) is 24.4 Å². The average Bonchev–Trinajstić information content (AvgIpc) is 3.19. The number of methoxy groups -OCH3 is 1.